The molecule has 4 heterocycles. The third kappa shape index (κ3) is 12.9. The number of benzene rings is 2. The van der Waals surface area contributed by atoms with Crippen molar-refractivity contribution in [2.75, 3.05) is 26.2 Å². The van der Waals surface area contributed by atoms with Crippen LogP contribution in [0.2, 0.25) is 0 Å². The standard InChI is InChI=1S/C19H18N4O4.C13H15N3O2.C6H4ClNO2/c24-17-14(8-4-9-20-17)18(25)21-10-5-11-22-19(26)15-12-16(27-23-15)13-6-2-1-3-7-13;14-7-4-8-15-13(17)11-9-12(18-16-11)10-5-2-1-3-6-10;7-5(9)4-2-1-3-8-6(4)10/h1-4,6-9,12H,5,10-11H2,(H,20,24)(H,21,25)(H,22,26);1-3,5-6,9H,4,7-8,14H2,(H,15,17);1-3H,(H,8,10). The van der Waals surface area contributed by atoms with Crippen LogP contribution >= 0.6 is 11.6 Å². The number of aromatic nitrogens is 4. The third-order valence-electron chi connectivity index (χ3n) is 7.29. The summed E-state index contributed by atoms with van der Waals surface area (Å²) < 4.78 is 10.3. The van der Waals surface area contributed by atoms with E-state index in [0.717, 1.165) is 17.5 Å². The Kier molecular flexibility index (Phi) is 16.0. The number of H-pyrrole nitrogens is 2. The maximum absolute atomic E-state index is 12.1. The molecule has 0 aliphatic carbocycles. The Hall–Kier alpha value is -6.91. The van der Waals surface area contributed by atoms with Crippen LogP contribution in [0.15, 0.2) is 128 Å². The first-order valence-electron chi connectivity index (χ1n) is 16.8. The van der Waals surface area contributed by atoms with E-state index in [2.05, 4.69) is 36.2 Å². The van der Waals surface area contributed by atoms with Crippen LogP contribution in [0.4, 0.5) is 0 Å². The van der Waals surface area contributed by atoms with Gasteiger partial charge in [-0.25, -0.2) is 0 Å². The molecule has 2 aromatic carbocycles. The summed E-state index contributed by atoms with van der Waals surface area (Å²) in [5.41, 5.74) is 6.68. The predicted octanol–water partition coefficient (Wildman–Crippen LogP) is 3.75. The van der Waals surface area contributed by atoms with Crippen molar-refractivity contribution < 1.29 is 28.2 Å². The van der Waals surface area contributed by atoms with Crippen molar-refractivity contribution in [2.24, 2.45) is 5.73 Å². The van der Waals surface area contributed by atoms with Gasteiger partial charge in [-0.05, 0) is 55.3 Å². The number of amides is 3. The van der Waals surface area contributed by atoms with Gasteiger partial charge < -0.3 is 40.7 Å². The van der Waals surface area contributed by atoms with E-state index in [1.165, 1.54) is 30.6 Å². The highest BCUT2D eigenvalue weighted by atomic mass is 35.5. The highest BCUT2D eigenvalue weighted by molar-refractivity contribution is 6.67. The van der Waals surface area contributed by atoms with Gasteiger partial charge in [-0.1, -0.05) is 71.0 Å². The number of nitrogens with zero attached hydrogens (tertiary/aromatic N) is 2. The Morgan fingerprint density at radius 1 is 0.600 bits per heavy atom. The number of hydrogen-bond acceptors (Lipinski definition) is 11. The van der Waals surface area contributed by atoms with E-state index in [1.54, 1.807) is 18.2 Å². The lowest BCUT2D eigenvalue weighted by Crippen LogP contribution is -2.32. The molecular weight excluding hydrogens is 732 g/mol. The van der Waals surface area contributed by atoms with Crippen molar-refractivity contribution in [1.82, 2.24) is 36.2 Å². The maximum Gasteiger partial charge on any atom is 0.273 e. The molecule has 0 saturated heterocycles. The SMILES string of the molecule is NCCCNC(=O)c1cc(-c2ccccc2)on1.O=C(Cl)c1ccc[nH]c1=O.O=C(NCCCNC(=O)c1ccc[nH]c1=O)c1cc(-c2ccccc2)on1. The number of carbonyl (C=O) groups is 4. The van der Waals surface area contributed by atoms with Gasteiger partial charge in [-0.15, -0.1) is 0 Å². The molecule has 0 aliphatic heterocycles. The number of nitrogens with one attached hydrogen (secondary N) is 5. The van der Waals surface area contributed by atoms with Crippen LogP contribution in [0.3, 0.4) is 0 Å². The first-order chi connectivity index (χ1) is 26.7. The molecule has 0 spiro atoms. The number of rotatable bonds is 13. The predicted molar refractivity (Wildman–Crippen MR) is 203 cm³/mol. The smallest absolute Gasteiger partial charge is 0.273 e. The fraction of sp³-hybridized carbons (Fsp3) is 0.158. The number of hydrogen-bond donors (Lipinski definition) is 6. The monoisotopic (exact) mass is 768 g/mol. The summed E-state index contributed by atoms with van der Waals surface area (Å²) in [4.78, 5) is 73.0. The van der Waals surface area contributed by atoms with E-state index < -0.39 is 22.3 Å². The van der Waals surface area contributed by atoms with Crippen molar-refractivity contribution in [3.8, 4) is 22.6 Å². The van der Waals surface area contributed by atoms with Crippen LogP contribution in [0.5, 0.6) is 0 Å². The molecule has 6 rings (SSSR count). The van der Waals surface area contributed by atoms with Gasteiger partial charge >= 0.3 is 0 Å². The zero-order chi connectivity index (χ0) is 39.4. The van der Waals surface area contributed by atoms with Crippen molar-refractivity contribution in [3.05, 3.63) is 153 Å². The number of nitrogens with two attached hydrogens (primary N) is 1. The van der Waals surface area contributed by atoms with Crippen LogP contribution in [0.1, 0.15) is 54.5 Å². The number of pyridine rings is 2. The lowest BCUT2D eigenvalue weighted by molar-refractivity contribution is 0.0933. The molecule has 0 saturated carbocycles. The Bertz CT molecular complexity index is 2270. The van der Waals surface area contributed by atoms with E-state index in [4.69, 9.17) is 26.4 Å². The maximum atomic E-state index is 12.1. The van der Waals surface area contributed by atoms with Crippen molar-refractivity contribution in [3.63, 3.8) is 0 Å². The largest absolute Gasteiger partial charge is 0.355 e. The van der Waals surface area contributed by atoms with E-state index in [0.29, 0.717) is 44.1 Å². The molecule has 7 N–H and O–H groups in total. The molecule has 0 atom stereocenters. The molecule has 17 heteroatoms. The summed E-state index contributed by atoms with van der Waals surface area (Å²) in [6.45, 7) is 1.76. The average molecular weight is 769 g/mol. The summed E-state index contributed by atoms with van der Waals surface area (Å²) in [5.74, 6) is 0.0500. The van der Waals surface area contributed by atoms with E-state index in [-0.39, 0.29) is 34.3 Å². The molecular formula is C38H37ClN8O8. The highest BCUT2D eigenvalue weighted by Crippen LogP contribution is 2.20. The van der Waals surface area contributed by atoms with E-state index in [1.807, 2.05) is 60.7 Å². The van der Waals surface area contributed by atoms with Crippen LogP contribution in [-0.2, 0) is 0 Å². The molecule has 0 aliphatic rings. The van der Waals surface area contributed by atoms with Crippen molar-refractivity contribution >= 4 is 34.6 Å². The van der Waals surface area contributed by atoms with Gasteiger partial charge in [0.2, 0.25) is 0 Å². The highest BCUT2D eigenvalue weighted by Gasteiger charge is 2.14. The zero-order valence-corrected chi connectivity index (χ0v) is 30.0. The van der Waals surface area contributed by atoms with Crippen molar-refractivity contribution in [1.29, 1.82) is 0 Å². The quantitative estimate of drug-likeness (QED) is 0.0729. The van der Waals surface area contributed by atoms with Crippen LogP contribution in [0, 0.1) is 0 Å². The molecule has 16 nitrogen and oxygen atoms in total. The van der Waals surface area contributed by atoms with Gasteiger partial charge in [0.25, 0.3) is 34.1 Å². The molecule has 0 bridgehead atoms. The number of carbonyl (C=O) groups excluding carboxylic acids is 4. The number of aromatic amines is 2. The van der Waals surface area contributed by atoms with Gasteiger partial charge in [0.05, 0.1) is 5.56 Å². The summed E-state index contributed by atoms with van der Waals surface area (Å²) >= 11 is 5.05. The topological polar surface area (TPSA) is 248 Å². The van der Waals surface area contributed by atoms with Gasteiger partial charge in [-0.3, -0.25) is 28.8 Å². The van der Waals surface area contributed by atoms with Crippen LogP contribution in [0.25, 0.3) is 22.6 Å². The molecule has 55 heavy (non-hydrogen) atoms. The third-order valence-corrected chi connectivity index (χ3v) is 7.49. The molecule has 0 fully saturated rings. The average Bonchev–Trinajstić information content (AvgIpc) is 3.91. The van der Waals surface area contributed by atoms with Crippen molar-refractivity contribution in [2.45, 2.75) is 12.8 Å². The van der Waals surface area contributed by atoms with Crippen LogP contribution in [-0.4, -0.2) is 69.4 Å². The van der Waals surface area contributed by atoms with Gasteiger partial charge in [0, 0.05) is 55.3 Å². The minimum Gasteiger partial charge on any atom is -0.355 e. The normalized spacial score (nSPS) is 10.1. The second-order valence-electron chi connectivity index (χ2n) is 11.2. The lowest BCUT2D eigenvalue weighted by atomic mass is 10.1. The molecule has 3 amide bonds. The molecule has 284 valence electrons. The lowest BCUT2D eigenvalue weighted by Gasteiger charge is -2.05. The number of halogens is 1. The summed E-state index contributed by atoms with van der Waals surface area (Å²) in [5, 5.41) is 14.9. The van der Waals surface area contributed by atoms with E-state index in [9.17, 15) is 28.8 Å². The molecule has 6 aromatic rings. The Balaban J connectivity index is 0.000000205. The molecule has 0 radical (unpaired) electrons. The fourth-order valence-electron chi connectivity index (χ4n) is 4.49. The van der Waals surface area contributed by atoms with E-state index >= 15 is 0 Å². The van der Waals surface area contributed by atoms with Gasteiger partial charge in [0.1, 0.15) is 5.56 Å². The minimum atomic E-state index is -0.734. The summed E-state index contributed by atoms with van der Waals surface area (Å²) in [6, 6.07) is 28.0. The molecule has 4 aromatic heterocycles. The second kappa shape index (κ2) is 21.6. The second-order valence-corrected chi connectivity index (χ2v) is 11.6. The summed E-state index contributed by atoms with van der Waals surface area (Å²) in [7, 11) is 0. The Morgan fingerprint density at radius 3 is 1.45 bits per heavy atom. The Morgan fingerprint density at radius 2 is 1.04 bits per heavy atom. The fourth-order valence-corrected chi connectivity index (χ4v) is 4.64. The minimum absolute atomic E-state index is 0.0239. The van der Waals surface area contributed by atoms with Gasteiger partial charge in [0.15, 0.2) is 22.9 Å². The van der Waals surface area contributed by atoms with Gasteiger partial charge in [-0.2, -0.15) is 0 Å². The first-order valence-corrected chi connectivity index (χ1v) is 17.2. The zero-order valence-electron chi connectivity index (χ0n) is 29.3. The summed E-state index contributed by atoms with van der Waals surface area (Å²) in [6.07, 6.45) is 4.15. The molecule has 0 unspecified atom stereocenters. The van der Waals surface area contributed by atoms with Crippen LogP contribution < -0.4 is 32.8 Å². The Labute approximate surface area is 318 Å². The first kappa shape index (κ1) is 40.9.